The summed E-state index contributed by atoms with van der Waals surface area (Å²) in [6, 6.07) is 9.84. The molecule has 0 atom stereocenters. The summed E-state index contributed by atoms with van der Waals surface area (Å²) in [4.78, 5) is 22.0. The number of carbonyl (C=O) groups excluding carboxylic acids is 1. The Morgan fingerprint density at radius 2 is 2.05 bits per heavy atom. The molecule has 0 saturated carbocycles. The summed E-state index contributed by atoms with van der Waals surface area (Å²) in [6.07, 6.45) is 1.75. The number of amides is 1. The highest BCUT2D eigenvalue weighted by atomic mass is 16.6. The van der Waals surface area contributed by atoms with E-state index in [9.17, 15) is 14.9 Å². The maximum Gasteiger partial charge on any atom is 0.292 e. The number of rotatable bonds is 7. The highest BCUT2D eigenvalue weighted by Crippen LogP contribution is 2.22. The van der Waals surface area contributed by atoms with Crippen molar-refractivity contribution in [3.8, 4) is 0 Å². The Kier molecular flexibility index (Phi) is 4.92. The lowest BCUT2D eigenvalue weighted by Gasteiger charge is -2.07. The molecule has 0 aliphatic rings. The highest BCUT2D eigenvalue weighted by Gasteiger charge is 2.12. The minimum atomic E-state index is -0.459. The van der Waals surface area contributed by atoms with E-state index in [4.69, 9.17) is 4.42 Å². The molecule has 0 radical (unpaired) electrons. The van der Waals surface area contributed by atoms with E-state index in [-0.39, 0.29) is 18.0 Å². The van der Waals surface area contributed by atoms with Gasteiger partial charge in [0, 0.05) is 19.0 Å². The molecule has 0 unspecified atom stereocenters. The number of nitrogens with one attached hydrogen (secondary N) is 2. The molecule has 2 aromatic rings. The molecule has 0 saturated heterocycles. The van der Waals surface area contributed by atoms with E-state index >= 15 is 0 Å². The van der Waals surface area contributed by atoms with Gasteiger partial charge >= 0.3 is 0 Å². The van der Waals surface area contributed by atoms with Crippen LogP contribution >= 0.6 is 0 Å². The van der Waals surface area contributed by atoms with Gasteiger partial charge in [-0.2, -0.15) is 0 Å². The Bertz CT molecular complexity index is 610. The summed E-state index contributed by atoms with van der Waals surface area (Å²) >= 11 is 0. The van der Waals surface area contributed by atoms with Crippen LogP contribution in [0.2, 0.25) is 0 Å². The van der Waals surface area contributed by atoms with Gasteiger partial charge in [-0.1, -0.05) is 12.1 Å². The Morgan fingerprint density at radius 1 is 1.24 bits per heavy atom. The van der Waals surface area contributed by atoms with E-state index in [0.29, 0.717) is 24.5 Å². The number of carbonyl (C=O) groups is 1. The van der Waals surface area contributed by atoms with Crippen molar-refractivity contribution in [2.75, 3.05) is 11.9 Å². The Balaban J connectivity index is 1.76. The normalized spacial score (nSPS) is 10.1. The zero-order valence-corrected chi connectivity index (χ0v) is 11.2. The summed E-state index contributed by atoms with van der Waals surface area (Å²) in [6.45, 7) is 0.645. The van der Waals surface area contributed by atoms with E-state index in [1.54, 1.807) is 30.3 Å². The Labute approximate surface area is 121 Å². The van der Waals surface area contributed by atoms with Gasteiger partial charge < -0.3 is 15.1 Å². The topological polar surface area (TPSA) is 97.4 Å². The summed E-state index contributed by atoms with van der Waals surface area (Å²) < 4.78 is 5.09. The van der Waals surface area contributed by atoms with Crippen molar-refractivity contribution >= 4 is 17.3 Å². The summed E-state index contributed by atoms with van der Waals surface area (Å²) in [5.41, 5.74) is 0.398. The van der Waals surface area contributed by atoms with Crippen molar-refractivity contribution in [2.24, 2.45) is 0 Å². The molecule has 0 fully saturated rings. The monoisotopic (exact) mass is 289 g/mol. The maximum atomic E-state index is 11.6. The van der Waals surface area contributed by atoms with Crippen LogP contribution in [0.5, 0.6) is 0 Å². The number of nitro groups is 1. The van der Waals surface area contributed by atoms with Crippen LogP contribution in [-0.4, -0.2) is 17.4 Å². The second kappa shape index (κ2) is 7.09. The van der Waals surface area contributed by atoms with Gasteiger partial charge in [0.25, 0.3) is 5.69 Å². The number of hydrogen-bond acceptors (Lipinski definition) is 5. The fourth-order valence-corrected chi connectivity index (χ4v) is 1.78. The van der Waals surface area contributed by atoms with Crippen LogP contribution in [-0.2, 0) is 11.3 Å². The maximum absolute atomic E-state index is 11.6. The fraction of sp³-hybridized carbons (Fsp3) is 0.214. The van der Waals surface area contributed by atoms with Crippen LogP contribution < -0.4 is 10.6 Å². The molecule has 7 nitrogen and oxygen atoms in total. The first-order valence-corrected chi connectivity index (χ1v) is 6.43. The number of nitro benzene ring substituents is 1. The molecular formula is C14H15N3O4. The summed E-state index contributed by atoms with van der Waals surface area (Å²) in [5, 5.41) is 16.4. The Morgan fingerprint density at radius 3 is 2.76 bits per heavy atom. The third-order valence-corrected chi connectivity index (χ3v) is 2.81. The zero-order valence-electron chi connectivity index (χ0n) is 11.2. The van der Waals surface area contributed by atoms with E-state index in [0.717, 1.165) is 0 Å². The molecule has 1 amide bonds. The molecule has 2 rings (SSSR count). The lowest BCUT2D eigenvalue weighted by Crippen LogP contribution is -2.24. The van der Waals surface area contributed by atoms with Crippen molar-refractivity contribution in [1.29, 1.82) is 0 Å². The lowest BCUT2D eigenvalue weighted by atomic mass is 10.2. The van der Waals surface area contributed by atoms with Crippen molar-refractivity contribution in [2.45, 2.75) is 13.0 Å². The number of nitrogens with zero attached hydrogens (tertiary/aromatic N) is 1. The molecule has 1 heterocycles. The minimum absolute atomic E-state index is 0.00602. The minimum Gasteiger partial charge on any atom is -0.467 e. The first-order valence-electron chi connectivity index (χ1n) is 6.43. The molecule has 21 heavy (non-hydrogen) atoms. The van der Waals surface area contributed by atoms with E-state index < -0.39 is 4.92 Å². The zero-order chi connectivity index (χ0) is 15.1. The number of benzene rings is 1. The molecule has 1 aromatic carbocycles. The van der Waals surface area contributed by atoms with Gasteiger partial charge in [-0.15, -0.1) is 0 Å². The molecule has 0 bridgehead atoms. The van der Waals surface area contributed by atoms with Gasteiger partial charge in [-0.05, 0) is 18.2 Å². The van der Waals surface area contributed by atoms with Gasteiger partial charge in [-0.25, -0.2) is 0 Å². The first-order chi connectivity index (χ1) is 10.2. The molecule has 2 N–H and O–H groups in total. The van der Waals surface area contributed by atoms with Gasteiger partial charge in [0.2, 0.25) is 5.91 Å². The second-order valence-corrected chi connectivity index (χ2v) is 4.31. The highest BCUT2D eigenvalue weighted by molar-refractivity contribution is 5.76. The van der Waals surface area contributed by atoms with Crippen molar-refractivity contribution in [3.63, 3.8) is 0 Å². The van der Waals surface area contributed by atoms with Gasteiger partial charge in [-0.3, -0.25) is 14.9 Å². The average Bonchev–Trinajstić information content (AvgIpc) is 2.99. The largest absolute Gasteiger partial charge is 0.467 e. The predicted octanol–water partition coefficient (Wildman–Crippen LogP) is 2.31. The molecule has 110 valence electrons. The smallest absolute Gasteiger partial charge is 0.292 e. The summed E-state index contributed by atoms with van der Waals surface area (Å²) in [5.74, 6) is 0.521. The number of furan rings is 1. The Hall–Kier alpha value is -2.83. The van der Waals surface area contributed by atoms with Crippen LogP contribution in [0.4, 0.5) is 11.4 Å². The molecule has 1 aromatic heterocycles. The van der Waals surface area contributed by atoms with Crippen molar-refractivity contribution in [1.82, 2.24) is 5.32 Å². The molecule has 7 heteroatoms. The SMILES string of the molecule is O=C(CCNc1ccccc1[N+](=O)[O-])NCc1ccco1. The fourth-order valence-electron chi connectivity index (χ4n) is 1.78. The molecule has 0 aliphatic carbocycles. The predicted molar refractivity (Wildman–Crippen MR) is 76.8 cm³/mol. The van der Waals surface area contributed by atoms with Crippen LogP contribution in [0.3, 0.4) is 0 Å². The van der Waals surface area contributed by atoms with E-state index in [1.165, 1.54) is 12.3 Å². The third kappa shape index (κ3) is 4.34. The first kappa shape index (κ1) is 14.6. The lowest BCUT2D eigenvalue weighted by molar-refractivity contribution is -0.384. The number of anilines is 1. The van der Waals surface area contributed by atoms with E-state index in [2.05, 4.69) is 10.6 Å². The standard InChI is InChI=1S/C14H15N3O4/c18-14(16-10-11-4-3-9-21-11)7-8-15-12-5-1-2-6-13(12)17(19)20/h1-6,9,15H,7-8,10H2,(H,16,18). The molecule has 0 aliphatic heterocycles. The number of hydrogen-bond donors (Lipinski definition) is 2. The quantitative estimate of drug-likeness (QED) is 0.602. The van der Waals surface area contributed by atoms with Crippen molar-refractivity contribution < 1.29 is 14.1 Å². The van der Waals surface area contributed by atoms with Crippen LogP contribution in [0.1, 0.15) is 12.2 Å². The van der Waals surface area contributed by atoms with Gasteiger partial charge in [0.05, 0.1) is 17.7 Å². The average molecular weight is 289 g/mol. The summed E-state index contributed by atoms with van der Waals surface area (Å²) in [7, 11) is 0. The molecular weight excluding hydrogens is 274 g/mol. The van der Waals surface area contributed by atoms with E-state index in [1.807, 2.05) is 0 Å². The van der Waals surface area contributed by atoms with Crippen LogP contribution in [0, 0.1) is 10.1 Å². The van der Waals surface area contributed by atoms with Crippen LogP contribution in [0.15, 0.2) is 47.1 Å². The molecule has 0 spiro atoms. The third-order valence-electron chi connectivity index (χ3n) is 2.81. The van der Waals surface area contributed by atoms with Crippen LogP contribution in [0.25, 0.3) is 0 Å². The number of para-hydroxylation sites is 2. The second-order valence-electron chi connectivity index (χ2n) is 4.31. The van der Waals surface area contributed by atoms with Crippen molar-refractivity contribution in [3.05, 3.63) is 58.5 Å². The van der Waals surface area contributed by atoms with Gasteiger partial charge in [0.1, 0.15) is 11.4 Å². The van der Waals surface area contributed by atoms with Gasteiger partial charge in [0.15, 0.2) is 0 Å².